The Morgan fingerprint density at radius 3 is 2.52 bits per heavy atom. The molecule has 3 nitrogen and oxygen atoms in total. The lowest BCUT2D eigenvalue weighted by Crippen LogP contribution is -2.26. The molecule has 3 heteroatoms. The number of pyridine rings is 1. The zero-order chi connectivity index (χ0) is 14.7. The van der Waals surface area contributed by atoms with E-state index in [1.807, 2.05) is 24.5 Å². The van der Waals surface area contributed by atoms with E-state index >= 15 is 0 Å². The van der Waals surface area contributed by atoms with Gasteiger partial charge in [-0.25, -0.2) is 0 Å². The normalized spacial score (nSPS) is 20.4. The van der Waals surface area contributed by atoms with Gasteiger partial charge in [-0.15, -0.1) is 0 Å². The fourth-order valence-corrected chi connectivity index (χ4v) is 3.27. The third kappa shape index (κ3) is 2.93. The van der Waals surface area contributed by atoms with Crippen molar-refractivity contribution < 1.29 is 4.74 Å². The highest BCUT2D eigenvalue weighted by Gasteiger charge is 2.30. The van der Waals surface area contributed by atoms with Gasteiger partial charge in [-0.2, -0.15) is 0 Å². The molecule has 0 radical (unpaired) electrons. The maximum absolute atomic E-state index is 5.24. The van der Waals surface area contributed by atoms with Crippen LogP contribution in [0.5, 0.6) is 5.75 Å². The third-order valence-corrected chi connectivity index (χ3v) is 4.48. The number of rotatable bonds is 4. The van der Waals surface area contributed by atoms with Crippen molar-refractivity contribution in [2.75, 3.05) is 13.7 Å². The second-order valence-corrected chi connectivity index (χ2v) is 5.63. The highest BCUT2D eigenvalue weighted by atomic mass is 16.5. The smallest absolute Gasteiger partial charge is 0.118 e. The van der Waals surface area contributed by atoms with E-state index in [2.05, 4.69) is 41.1 Å². The molecule has 1 saturated heterocycles. The Bertz CT molecular complexity index is 568. The first-order valence-electron chi connectivity index (χ1n) is 7.59. The van der Waals surface area contributed by atoms with Crippen molar-refractivity contribution >= 4 is 0 Å². The fraction of sp³-hybridized carbons (Fsp3) is 0.389. The Kier molecular flexibility index (Phi) is 4.20. The molecule has 0 spiro atoms. The number of nitrogens with zero attached hydrogens (tertiary/aromatic N) is 2. The van der Waals surface area contributed by atoms with Gasteiger partial charge < -0.3 is 4.74 Å². The lowest BCUT2D eigenvalue weighted by Gasteiger charge is -2.31. The zero-order valence-corrected chi connectivity index (χ0v) is 12.7. The summed E-state index contributed by atoms with van der Waals surface area (Å²) in [7, 11) is 1.71. The second kappa shape index (κ2) is 6.27. The molecule has 0 N–H and O–H groups in total. The first-order chi connectivity index (χ1) is 10.3. The number of hydrogen-bond acceptors (Lipinski definition) is 3. The molecule has 2 atom stereocenters. The number of benzene rings is 1. The second-order valence-electron chi connectivity index (χ2n) is 5.63. The van der Waals surface area contributed by atoms with Crippen molar-refractivity contribution in [2.45, 2.75) is 31.8 Å². The Balaban J connectivity index is 1.80. The highest BCUT2D eigenvalue weighted by Crippen LogP contribution is 2.38. The van der Waals surface area contributed by atoms with Crippen molar-refractivity contribution in [1.82, 2.24) is 9.88 Å². The average molecular weight is 282 g/mol. The van der Waals surface area contributed by atoms with E-state index < -0.39 is 0 Å². The van der Waals surface area contributed by atoms with E-state index in [0.717, 1.165) is 12.3 Å². The number of ether oxygens (including phenoxy) is 1. The minimum absolute atomic E-state index is 0.413. The topological polar surface area (TPSA) is 25.4 Å². The summed E-state index contributed by atoms with van der Waals surface area (Å²) < 4.78 is 5.24. The standard InChI is InChI=1S/C18H22N2O/c1-14(15-5-7-17(21-2)8-6-15)20-13-3-4-18(20)16-9-11-19-12-10-16/h5-12,14,18H,3-4,13H2,1-2H3/t14-,18+/m1/s1. The molecule has 1 aromatic heterocycles. The molecule has 0 amide bonds. The Hall–Kier alpha value is -1.87. The predicted molar refractivity (Wildman–Crippen MR) is 84.3 cm³/mol. The highest BCUT2D eigenvalue weighted by molar-refractivity contribution is 5.29. The molecule has 2 heterocycles. The molecule has 0 aliphatic carbocycles. The summed E-state index contributed by atoms with van der Waals surface area (Å²) in [5, 5.41) is 0. The summed E-state index contributed by atoms with van der Waals surface area (Å²) >= 11 is 0. The van der Waals surface area contributed by atoms with E-state index in [1.165, 1.54) is 24.0 Å². The van der Waals surface area contributed by atoms with E-state index in [1.54, 1.807) is 7.11 Å². The summed E-state index contributed by atoms with van der Waals surface area (Å²) in [5.74, 6) is 0.915. The van der Waals surface area contributed by atoms with Crippen LogP contribution in [0.4, 0.5) is 0 Å². The van der Waals surface area contributed by atoms with Crippen LogP contribution < -0.4 is 4.74 Å². The molecule has 21 heavy (non-hydrogen) atoms. The number of likely N-dealkylation sites (tertiary alicyclic amines) is 1. The lowest BCUT2D eigenvalue weighted by atomic mass is 10.0. The molecule has 110 valence electrons. The van der Waals surface area contributed by atoms with Crippen LogP contribution in [0, 0.1) is 0 Å². The Morgan fingerprint density at radius 1 is 1.14 bits per heavy atom. The average Bonchev–Trinajstić information content (AvgIpc) is 3.04. The van der Waals surface area contributed by atoms with E-state index in [4.69, 9.17) is 4.74 Å². The summed E-state index contributed by atoms with van der Waals surface area (Å²) in [6.07, 6.45) is 6.27. The van der Waals surface area contributed by atoms with Gasteiger partial charge in [0, 0.05) is 24.5 Å². The van der Waals surface area contributed by atoms with Gasteiger partial charge in [-0.3, -0.25) is 9.88 Å². The minimum atomic E-state index is 0.413. The van der Waals surface area contributed by atoms with Gasteiger partial charge in [0.15, 0.2) is 0 Å². The molecular formula is C18H22N2O. The molecule has 0 unspecified atom stereocenters. The lowest BCUT2D eigenvalue weighted by molar-refractivity contribution is 0.194. The quantitative estimate of drug-likeness (QED) is 0.848. The van der Waals surface area contributed by atoms with E-state index in [-0.39, 0.29) is 0 Å². The van der Waals surface area contributed by atoms with Crippen molar-refractivity contribution in [2.24, 2.45) is 0 Å². The number of aromatic nitrogens is 1. The van der Waals surface area contributed by atoms with E-state index in [0.29, 0.717) is 12.1 Å². The van der Waals surface area contributed by atoms with Gasteiger partial charge in [-0.1, -0.05) is 12.1 Å². The van der Waals surface area contributed by atoms with Crippen LogP contribution in [-0.2, 0) is 0 Å². The van der Waals surface area contributed by atoms with E-state index in [9.17, 15) is 0 Å². The molecule has 1 aromatic carbocycles. The third-order valence-electron chi connectivity index (χ3n) is 4.48. The number of methoxy groups -OCH3 is 1. The molecular weight excluding hydrogens is 260 g/mol. The van der Waals surface area contributed by atoms with Crippen molar-refractivity contribution in [3.05, 3.63) is 59.9 Å². The van der Waals surface area contributed by atoms with Crippen LogP contribution in [-0.4, -0.2) is 23.5 Å². The van der Waals surface area contributed by atoms with Crippen LogP contribution >= 0.6 is 0 Å². The molecule has 1 aliphatic heterocycles. The molecule has 3 rings (SSSR count). The summed E-state index contributed by atoms with van der Waals surface area (Å²) in [6.45, 7) is 3.45. The van der Waals surface area contributed by atoms with Crippen LogP contribution in [0.3, 0.4) is 0 Å². The maximum Gasteiger partial charge on any atom is 0.118 e. The fourth-order valence-electron chi connectivity index (χ4n) is 3.27. The molecule has 1 aliphatic rings. The first kappa shape index (κ1) is 14.1. The Morgan fingerprint density at radius 2 is 1.86 bits per heavy atom. The minimum Gasteiger partial charge on any atom is -0.497 e. The maximum atomic E-state index is 5.24. The van der Waals surface area contributed by atoms with Gasteiger partial charge >= 0.3 is 0 Å². The van der Waals surface area contributed by atoms with Crippen LogP contribution in [0.2, 0.25) is 0 Å². The largest absolute Gasteiger partial charge is 0.497 e. The number of hydrogen-bond donors (Lipinski definition) is 0. The van der Waals surface area contributed by atoms with Crippen molar-refractivity contribution in [3.63, 3.8) is 0 Å². The molecule has 0 saturated carbocycles. The molecule has 2 aromatic rings. The molecule has 0 bridgehead atoms. The SMILES string of the molecule is COc1ccc([C@@H](C)N2CCC[C@H]2c2ccncc2)cc1. The van der Waals surface area contributed by atoms with Crippen molar-refractivity contribution in [1.29, 1.82) is 0 Å². The zero-order valence-electron chi connectivity index (χ0n) is 12.7. The monoisotopic (exact) mass is 282 g/mol. The van der Waals surface area contributed by atoms with Gasteiger partial charge in [0.05, 0.1) is 7.11 Å². The summed E-state index contributed by atoms with van der Waals surface area (Å²) in [5.41, 5.74) is 2.72. The van der Waals surface area contributed by atoms with Crippen LogP contribution in [0.15, 0.2) is 48.8 Å². The first-order valence-corrected chi connectivity index (χ1v) is 7.59. The van der Waals surface area contributed by atoms with Crippen molar-refractivity contribution in [3.8, 4) is 5.75 Å². The van der Waals surface area contributed by atoms with Crippen LogP contribution in [0.1, 0.15) is 43.0 Å². The summed E-state index contributed by atoms with van der Waals surface area (Å²) in [6, 6.07) is 13.6. The summed E-state index contributed by atoms with van der Waals surface area (Å²) in [4.78, 5) is 6.73. The van der Waals surface area contributed by atoms with Gasteiger partial charge in [0.2, 0.25) is 0 Å². The predicted octanol–water partition coefficient (Wildman–Crippen LogP) is 3.99. The van der Waals surface area contributed by atoms with Gasteiger partial charge in [0.25, 0.3) is 0 Å². The van der Waals surface area contributed by atoms with Crippen LogP contribution in [0.25, 0.3) is 0 Å². The van der Waals surface area contributed by atoms with Gasteiger partial charge in [-0.05, 0) is 61.7 Å². The van der Waals surface area contributed by atoms with Gasteiger partial charge in [0.1, 0.15) is 5.75 Å². The molecule has 1 fully saturated rings. The Labute approximate surface area is 126 Å².